The summed E-state index contributed by atoms with van der Waals surface area (Å²) in [7, 11) is 1.92. The van der Waals surface area contributed by atoms with Crippen molar-refractivity contribution < 1.29 is 4.39 Å². The molecule has 0 heterocycles. The summed E-state index contributed by atoms with van der Waals surface area (Å²) < 4.78 is 14.5. The Labute approximate surface area is 276 Å². The molecular formula is C39H51FN6. The lowest BCUT2D eigenvalue weighted by molar-refractivity contribution is 0.509. The van der Waals surface area contributed by atoms with Gasteiger partial charge in [-0.1, -0.05) is 76.3 Å². The van der Waals surface area contributed by atoms with Crippen molar-refractivity contribution in [1.82, 2.24) is 15.5 Å². The van der Waals surface area contributed by atoms with Gasteiger partial charge in [0, 0.05) is 37.2 Å². The molecule has 46 heavy (non-hydrogen) atoms. The fourth-order valence-corrected chi connectivity index (χ4v) is 4.47. The second-order valence-electron chi connectivity index (χ2n) is 11.3. The van der Waals surface area contributed by atoms with E-state index in [1.165, 1.54) is 17.2 Å². The van der Waals surface area contributed by atoms with Crippen molar-refractivity contribution in [3.05, 3.63) is 149 Å². The van der Waals surface area contributed by atoms with Gasteiger partial charge in [-0.2, -0.15) is 0 Å². The minimum atomic E-state index is -0.334. The number of hydrogen-bond donors (Lipinski definition) is 3. The Hall–Kier alpha value is -4.91. The maximum Gasteiger partial charge on any atom is 0.146 e. The van der Waals surface area contributed by atoms with Gasteiger partial charge in [-0.15, -0.1) is 0 Å². The third-order valence-electron chi connectivity index (χ3n) is 7.95. The predicted molar refractivity (Wildman–Crippen MR) is 198 cm³/mol. The van der Waals surface area contributed by atoms with E-state index in [9.17, 15) is 4.39 Å². The van der Waals surface area contributed by atoms with Crippen molar-refractivity contribution in [2.75, 3.05) is 25.5 Å². The van der Waals surface area contributed by atoms with Gasteiger partial charge in [0.05, 0.1) is 29.8 Å². The van der Waals surface area contributed by atoms with Crippen LogP contribution in [0.25, 0.3) is 0 Å². The molecule has 1 aliphatic rings. The van der Waals surface area contributed by atoms with E-state index in [4.69, 9.17) is 0 Å². The second kappa shape index (κ2) is 17.5. The van der Waals surface area contributed by atoms with E-state index in [1.54, 1.807) is 18.3 Å². The highest BCUT2D eigenvalue weighted by Gasteiger charge is 2.23. The average molecular weight is 623 g/mol. The van der Waals surface area contributed by atoms with Crippen LogP contribution < -0.4 is 16.0 Å². The molecule has 0 atom stereocenters. The standard InChI is InChI=1S/C39H51FN6/c1-14-25(4)26(5)19-34(15-2)23-41-27(6)21-43-33(12)44-22-28(7)46(13)38(16-3)32(11)42-24-35-17-18-36(40)37(20-35)45-39-30(9)29(8)31(39)10/h14,16-21,41-42,45H,1,6-9,11,15,22-24H2,2-5,10,12-13H3/b26-25+,34-19+,38-16-,43-21?,44-33?. The zero-order valence-corrected chi connectivity index (χ0v) is 28.8. The molecule has 3 N–H and O–H groups in total. The third-order valence-corrected chi connectivity index (χ3v) is 7.95. The van der Waals surface area contributed by atoms with E-state index in [0.29, 0.717) is 42.6 Å². The molecule has 0 fully saturated rings. The quantitative estimate of drug-likeness (QED) is 0.0922. The Morgan fingerprint density at radius 1 is 1.04 bits per heavy atom. The van der Waals surface area contributed by atoms with Crippen molar-refractivity contribution in [2.24, 2.45) is 9.98 Å². The van der Waals surface area contributed by atoms with E-state index in [-0.39, 0.29) is 5.82 Å². The van der Waals surface area contributed by atoms with Crippen LogP contribution in [0.5, 0.6) is 0 Å². The zero-order valence-electron chi connectivity index (χ0n) is 28.8. The monoisotopic (exact) mass is 622 g/mol. The summed E-state index contributed by atoms with van der Waals surface area (Å²) in [6.07, 6.45) is 8.64. The van der Waals surface area contributed by atoms with E-state index in [2.05, 4.69) is 92.3 Å². The summed E-state index contributed by atoms with van der Waals surface area (Å²) in [6.45, 7) is 37.8. The highest BCUT2D eigenvalue weighted by atomic mass is 19.1. The molecule has 244 valence electrons. The number of halogens is 1. The molecule has 7 heteroatoms. The van der Waals surface area contributed by atoms with Crippen LogP contribution in [0, 0.1) is 5.82 Å². The average Bonchev–Trinajstić information content (AvgIpc) is 3.05. The number of nitrogens with zero attached hydrogens (tertiary/aromatic N) is 3. The molecule has 0 spiro atoms. The molecule has 2 rings (SSSR count). The minimum Gasteiger partial charge on any atom is -0.381 e. The lowest BCUT2D eigenvalue weighted by atomic mass is 9.85. The molecular weight excluding hydrogens is 571 g/mol. The number of anilines is 1. The molecule has 1 aliphatic carbocycles. The molecule has 0 aromatic heterocycles. The van der Waals surface area contributed by atoms with E-state index in [1.807, 2.05) is 44.9 Å². The largest absolute Gasteiger partial charge is 0.381 e. The first-order chi connectivity index (χ1) is 21.7. The van der Waals surface area contributed by atoms with Crippen LogP contribution in [0.4, 0.5) is 10.1 Å². The van der Waals surface area contributed by atoms with Gasteiger partial charge < -0.3 is 20.9 Å². The molecule has 0 amide bonds. The maximum absolute atomic E-state index is 14.5. The Morgan fingerprint density at radius 2 is 1.74 bits per heavy atom. The zero-order chi connectivity index (χ0) is 34.6. The number of allylic oxidation sites excluding steroid dienone is 8. The van der Waals surface area contributed by atoms with E-state index in [0.717, 1.165) is 51.4 Å². The molecule has 6 nitrogen and oxygen atoms in total. The van der Waals surface area contributed by atoms with Crippen LogP contribution >= 0.6 is 0 Å². The third kappa shape index (κ3) is 10.3. The van der Waals surface area contributed by atoms with Crippen molar-refractivity contribution >= 4 is 17.7 Å². The number of benzene rings is 1. The van der Waals surface area contributed by atoms with E-state index >= 15 is 0 Å². The van der Waals surface area contributed by atoms with Crippen LogP contribution in [0.15, 0.2) is 148 Å². The molecule has 0 bridgehead atoms. The van der Waals surface area contributed by atoms with Crippen molar-refractivity contribution in [3.8, 4) is 0 Å². The number of hydrogen-bond acceptors (Lipinski definition) is 5. The summed E-state index contributed by atoms with van der Waals surface area (Å²) >= 11 is 0. The number of rotatable bonds is 17. The smallest absolute Gasteiger partial charge is 0.146 e. The maximum atomic E-state index is 14.5. The van der Waals surface area contributed by atoms with Crippen LogP contribution in [0.3, 0.4) is 0 Å². The lowest BCUT2D eigenvalue weighted by Crippen LogP contribution is -2.25. The van der Waals surface area contributed by atoms with Gasteiger partial charge in [0.15, 0.2) is 0 Å². The summed E-state index contributed by atoms with van der Waals surface area (Å²) in [6, 6.07) is 4.99. The Kier molecular flexibility index (Phi) is 14.2. The summed E-state index contributed by atoms with van der Waals surface area (Å²) in [5, 5.41) is 9.83. The van der Waals surface area contributed by atoms with Crippen LogP contribution in [-0.2, 0) is 6.54 Å². The fourth-order valence-electron chi connectivity index (χ4n) is 4.47. The van der Waals surface area contributed by atoms with Crippen LogP contribution in [-0.4, -0.2) is 37.1 Å². The molecule has 1 aromatic rings. The number of aliphatic imine (C=N–C) groups is 2. The normalized spacial score (nSPS) is 14.6. The van der Waals surface area contributed by atoms with Gasteiger partial charge in [0.25, 0.3) is 0 Å². The van der Waals surface area contributed by atoms with Gasteiger partial charge in [-0.3, -0.25) is 4.99 Å². The molecule has 0 saturated heterocycles. The number of amidine groups is 1. The van der Waals surface area contributed by atoms with Gasteiger partial charge >= 0.3 is 0 Å². The topological polar surface area (TPSA) is 64.0 Å². The Balaban J connectivity index is 1.93. The van der Waals surface area contributed by atoms with Gasteiger partial charge in [-0.25, -0.2) is 9.38 Å². The van der Waals surface area contributed by atoms with Crippen molar-refractivity contribution in [3.63, 3.8) is 0 Å². The fraction of sp³-hybridized carbons (Fsp3) is 0.282. The summed E-state index contributed by atoms with van der Waals surface area (Å²) in [5.74, 6) is 0.282. The Morgan fingerprint density at radius 3 is 2.35 bits per heavy atom. The second-order valence-corrected chi connectivity index (χ2v) is 11.3. The summed E-state index contributed by atoms with van der Waals surface area (Å²) in [5.41, 5.74) is 11.5. The van der Waals surface area contributed by atoms with Crippen LogP contribution in [0.2, 0.25) is 0 Å². The van der Waals surface area contributed by atoms with Crippen molar-refractivity contribution in [2.45, 2.75) is 54.5 Å². The first-order valence-electron chi connectivity index (χ1n) is 15.4. The van der Waals surface area contributed by atoms with Crippen LogP contribution in [0.1, 0.15) is 53.5 Å². The van der Waals surface area contributed by atoms with E-state index < -0.39 is 0 Å². The lowest BCUT2D eigenvalue weighted by Gasteiger charge is -2.28. The Bertz CT molecular complexity index is 1590. The molecule has 0 radical (unpaired) electrons. The highest BCUT2D eigenvalue weighted by molar-refractivity contribution is 5.92. The highest BCUT2D eigenvalue weighted by Crippen LogP contribution is 2.37. The molecule has 0 saturated carbocycles. The van der Waals surface area contributed by atoms with Gasteiger partial charge in [-0.05, 0) is 86.6 Å². The van der Waals surface area contributed by atoms with Gasteiger partial charge in [0.1, 0.15) is 11.7 Å². The predicted octanol–water partition coefficient (Wildman–Crippen LogP) is 9.04. The molecule has 0 unspecified atom stereocenters. The SMILES string of the molecule is C=C/C(C)=C(C)/C=C(\CC)CNC(=C)C=NC(C)=NCC(=C)N(C)/C(=C\C)C(=C)NCc1ccc(F)c(NC2=C(C)C(=C)C2=C)c1. The van der Waals surface area contributed by atoms with Crippen molar-refractivity contribution in [1.29, 1.82) is 0 Å². The molecule has 1 aromatic carbocycles. The number of nitrogens with one attached hydrogen (secondary N) is 3. The minimum absolute atomic E-state index is 0.334. The summed E-state index contributed by atoms with van der Waals surface area (Å²) in [4.78, 5) is 11.0. The number of likely N-dealkylation sites (N-methyl/N-ethyl adjacent to an activating group) is 1. The first kappa shape index (κ1) is 37.3. The first-order valence-corrected chi connectivity index (χ1v) is 15.4. The molecule has 0 aliphatic heterocycles. The van der Waals surface area contributed by atoms with Gasteiger partial charge in [0.2, 0.25) is 0 Å².